The third-order valence-corrected chi connectivity index (χ3v) is 5.29. The van der Waals surface area contributed by atoms with Gasteiger partial charge in [0.2, 0.25) is 5.91 Å². The van der Waals surface area contributed by atoms with Crippen molar-refractivity contribution in [3.8, 4) is 5.75 Å². The smallest absolute Gasteiger partial charge is 0.387 e. The lowest BCUT2D eigenvalue weighted by Crippen LogP contribution is -2.23. The van der Waals surface area contributed by atoms with Gasteiger partial charge in [0.05, 0.1) is 10.7 Å². The Labute approximate surface area is 154 Å². The van der Waals surface area contributed by atoms with Crippen LogP contribution in [-0.4, -0.2) is 24.0 Å². The van der Waals surface area contributed by atoms with E-state index in [1.165, 1.54) is 41.6 Å². The molecule has 1 aromatic heterocycles. The van der Waals surface area contributed by atoms with Gasteiger partial charge in [0.25, 0.3) is 0 Å². The van der Waals surface area contributed by atoms with E-state index in [0.717, 1.165) is 17.8 Å². The Hall–Kier alpha value is -2.28. The van der Waals surface area contributed by atoms with Gasteiger partial charge in [0.15, 0.2) is 0 Å². The van der Waals surface area contributed by atoms with Gasteiger partial charge in [0.1, 0.15) is 5.75 Å². The summed E-state index contributed by atoms with van der Waals surface area (Å²) in [7, 11) is 0. The molecule has 0 radical (unpaired) electrons. The molecule has 0 atom stereocenters. The first kappa shape index (κ1) is 18.5. The number of halogens is 2. The van der Waals surface area contributed by atoms with Crippen molar-refractivity contribution >= 4 is 23.3 Å². The molecule has 4 nitrogen and oxygen atoms in total. The lowest BCUT2D eigenvalue weighted by atomic mass is 10.0. The highest BCUT2D eigenvalue weighted by Gasteiger charge is 2.14. The van der Waals surface area contributed by atoms with E-state index in [4.69, 9.17) is 0 Å². The average Bonchev–Trinajstić information content (AvgIpc) is 3.03. The van der Waals surface area contributed by atoms with Crippen LogP contribution in [0.2, 0.25) is 0 Å². The number of alkyl halides is 2. The zero-order chi connectivity index (χ0) is 18.4. The minimum absolute atomic E-state index is 0.0416. The minimum atomic E-state index is -2.90. The molecule has 3 rings (SSSR count). The number of benzene rings is 1. The largest absolute Gasteiger partial charge is 0.434 e. The molecule has 0 aliphatic heterocycles. The lowest BCUT2D eigenvalue weighted by Gasteiger charge is -2.07. The Morgan fingerprint density at radius 3 is 2.92 bits per heavy atom. The summed E-state index contributed by atoms with van der Waals surface area (Å²) in [6.07, 6.45) is 8.09. The number of aryl methyl sites for hydroxylation is 2. The van der Waals surface area contributed by atoms with Crippen LogP contribution in [0.5, 0.6) is 5.75 Å². The molecule has 1 heterocycles. The molecule has 0 bridgehead atoms. The van der Waals surface area contributed by atoms with Crippen LogP contribution in [-0.2, 0) is 24.1 Å². The van der Waals surface area contributed by atoms with Crippen molar-refractivity contribution in [3.05, 3.63) is 51.5 Å². The summed E-state index contributed by atoms with van der Waals surface area (Å²) in [6.45, 7) is -2.41. The Bertz CT molecular complexity index is 766. The summed E-state index contributed by atoms with van der Waals surface area (Å²) < 4.78 is 29.2. The number of nitrogens with one attached hydrogen (secondary N) is 1. The summed E-state index contributed by atoms with van der Waals surface area (Å²) in [6, 6.07) is 6.35. The fraction of sp³-hybridized carbons (Fsp3) is 0.368. The fourth-order valence-electron chi connectivity index (χ4n) is 2.85. The van der Waals surface area contributed by atoms with Crippen molar-refractivity contribution in [2.45, 2.75) is 38.7 Å². The number of para-hydroxylation sites is 1. The highest BCUT2D eigenvalue weighted by Crippen LogP contribution is 2.26. The highest BCUT2D eigenvalue weighted by molar-refractivity contribution is 7.11. The normalized spacial score (nSPS) is 13.8. The first-order valence-electron chi connectivity index (χ1n) is 8.59. The maximum absolute atomic E-state index is 12.4. The van der Waals surface area contributed by atoms with Gasteiger partial charge < -0.3 is 10.1 Å². The van der Waals surface area contributed by atoms with Gasteiger partial charge in [-0.15, -0.1) is 11.3 Å². The molecule has 138 valence electrons. The summed E-state index contributed by atoms with van der Waals surface area (Å²) in [5, 5.41) is 3.85. The number of rotatable bonds is 7. The molecule has 0 saturated carbocycles. The van der Waals surface area contributed by atoms with Gasteiger partial charge in [-0.25, -0.2) is 4.98 Å². The van der Waals surface area contributed by atoms with E-state index >= 15 is 0 Å². The predicted octanol–water partition coefficient (Wildman–Crippen LogP) is 4.00. The Morgan fingerprint density at radius 1 is 1.31 bits per heavy atom. The van der Waals surface area contributed by atoms with Crippen LogP contribution in [0.1, 0.15) is 34.0 Å². The number of carbonyl (C=O) groups is 1. The topological polar surface area (TPSA) is 51.2 Å². The van der Waals surface area contributed by atoms with Gasteiger partial charge in [-0.3, -0.25) is 4.79 Å². The van der Waals surface area contributed by atoms with Crippen LogP contribution in [0.3, 0.4) is 0 Å². The molecule has 26 heavy (non-hydrogen) atoms. The van der Waals surface area contributed by atoms with Crippen LogP contribution in [0.4, 0.5) is 8.78 Å². The van der Waals surface area contributed by atoms with E-state index in [2.05, 4.69) is 15.0 Å². The maximum atomic E-state index is 12.4. The molecule has 0 fully saturated rings. The maximum Gasteiger partial charge on any atom is 0.387 e. The van der Waals surface area contributed by atoms with Gasteiger partial charge in [-0.2, -0.15) is 8.78 Å². The molecule has 1 aromatic carbocycles. The molecule has 0 saturated heterocycles. The van der Waals surface area contributed by atoms with Crippen molar-refractivity contribution < 1.29 is 18.3 Å². The number of carbonyl (C=O) groups excluding carboxylic acids is 1. The highest BCUT2D eigenvalue weighted by atomic mass is 32.1. The predicted molar refractivity (Wildman–Crippen MR) is 97.6 cm³/mol. The molecule has 1 aliphatic carbocycles. The van der Waals surface area contributed by atoms with Crippen LogP contribution in [0.25, 0.3) is 6.08 Å². The van der Waals surface area contributed by atoms with Gasteiger partial charge in [-0.1, -0.05) is 18.2 Å². The Kier molecular flexibility index (Phi) is 6.33. The molecule has 1 amide bonds. The molecule has 0 unspecified atom stereocenters. The van der Waals surface area contributed by atoms with Gasteiger partial charge in [-0.05, 0) is 37.8 Å². The second kappa shape index (κ2) is 8.89. The minimum Gasteiger partial charge on any atom is -0.434 e. The van der Waals surface area contributed by atoms with E-state index in [1.807, 2.05) is 0 Å². The molecule has 1 aliphatic rings. The first-order valence-corrected chi connectivity index (χ1v) is 9.40. The average molecular weight is 378 g/mol. The zero-order valence-electron chi connectivity index (χ0n) is 14.2. The van der Waals surface area contributed by atoms with Gasteiger partial charge >= 0.3 is 6.61 Å². The number of hydrogen-bond acceptors (Lipinski definition) is 4. The molecule has 7 heteroatoms. The lowest BCUT2D eigenvalue weighted by molar-refractivity contribution is -0.116. The Balaban J connectivity index is 1.50. The first-order chi connectivity index (χ1) is 12.6. The third-order valence-electron chi connectivity index (χ3n) is 4.08. The van der Waals surface area contributed by atoms with Gasteiger partial charge in [0, 0.05) is 29.5 Å². The second-order valence-electron chi connectivity index (χ2n) is 5.98. The zero-order valence-corrected chi connectivity index (χ0v) is 15.0. The van der Waals surface area contributed by atoms with Crippen molar-refractivity contribution in [2.24, 2.45) is 0 Å². The SMILES string of the molecule is O=C(/C=C/c1ccccc1OC(F)F)NCCc1nc2c(s1)CCCC2. The summed E-state index contributed by atoms with van der Waals surface area (Å²) in [5.41, 5.74) is 1.65. The molecule has 1 N–H and O–H groups in total. The molecule has 2 aromatic rings. The molecule has 0 spiro atoms. The van der Waals surface area contributed by atoms with E-state index < -0.39 is 6.61 Å². The summed E-state index contributed by atoms with van der Waals surface area (Å²) in [4.78, 5) is 18.0. The number of nitrogens with zero attached hydrogens (tertiary/aromatic N) is 1. The monoisotopic (exact) mass is 378 g/mol. The third kappa shape index (κ3) is 5.11. The van der Waals surface area contributed by atoms with Crippen LogP contribution in [0, 0.1) is 0 Å². The number of fused-ring (bicyclic) bond motifs is 1. The van der Waals surface area contributed by atoms with Crippen LogP contribution >= 0.6 is 11.3 Å². The number of thiazole rings is 1. The molecular formula is C19H20F2N2O2S. The quantitative estimate of drug-likeness (QED) is 0.741. The van der Waals surface area contributed by atoms with Crippen LogP contribution < -0.4 is 10.1 Å². The fourth-order valence-corrected chi connectivity index (χ4v) is 4.01. The standard InChI is InChI=1S/C19H20F2N2O2S/c20-19(21)25-15-7-3-1-5-13(15)9-10-17(24)22-12-11-18-23-14-6-2-4-8-16(14)26-18/h1,3,5,7,9-10,19H,2,4,6,8,11-12H2,(H,22,24)/b10-9+. The number of aromatic nitrogens is 1. The van der Waals surface area contributed by atoms with E-state index in [0.29, 0.717) is 18.5 Å². The van der Waals surface area contributed by atoms with Crippen molar-refractivity contribution in [1.29, 1.82) is 0 Å². The second-order valence-corrected chi connectivity index (χ2v) is 7.14. The van der Waals surface area contributed by atoms with Crippen molar-refractivity contribution in [3.63, 3.8) is 0 Å². The number of hydrogen-bond donors (Lipinski definition) is 1. The summed E-state index contributed by atoms with van der Waals surface area (Å²) in [5.74, 6) is -0.238. The van der Waals surface area contributed by atoms with E-state index in [1.54, 1.807) is 29.5 Å². The summed E-state index contributed by atoms with van der Waals surface area (Å²) >= 11 is 1.74. The van der Waals surface area contributed by atoms with Crippen molar-refractivity contribution in [2.75, 3.05) is 6.54 Å². The number of ether oxygens (including phenoxy) is 1. The Morgan fingerprint density at radius 2 is 2.12 bits per heavy atom. The van der Waals surface area contributed by atoms with E-state index in [-0.39, 0.29) is 11.7 Å². The number of amides is 1. The molecular weight excluding hydrogens is 358 g/mol. The van der Waals surface area contributed by atoms with Crippen LogP contribution in [0.15, 0.2) is 30.3 Å². The van der Waals surface area contributed by atoms with Crippen molar-refractivity contribution in [1.82, 2.24) is 10.3 Å². The van der Waals surface area contributed by atoms with E-state index in [9.17, 15) is 13.6 Å².